The van der Waals surface area contributed by atoms with E-state index in [1.165, 1.54) is 9.80 Å². The summed E-state index contributed by atoms with van der Waals surface area (Å²) in [5.41, 5.74) is -0.254. The van der Waals surface area contributed by atoms with Gasteiger partial charge in [0.1, 0.15) is 18.4 Å². The summed E-state index contributed by atoms with van der Waals surface area (Å²) in [4.78, 5) is 28.3. The van der Waals surface area contributed by atoms with Crippen LogP contribution in [0.15, 0.2) is 24.3 Å². The van der Waals surface area contributed by atoms with Gasteiger partial charge >= 0.3 is 6.09 Å². The first-order valence-corrected chi connectivity index (χ1v) is 11.6. The summed E-state index contributed by atoms with van der Waals surface area (Å²) in [6.45, 7) is 7.37. The van der Waals surface area contributed by atoms with Gasteiger partial charge in [-0.05, 0) is 64.2 Å². The third kappa shape index (κ3) is 6.82. The van der Waals surface area contributed by atoms with Crippen LogP contribution in [-0.2, 0) is 14.3 Å². The number of benzene rings is 1. The van der Waals surface area contributed by atoms with Crippen LogP contribution in [0.5, 0.6) is 5.75 Å². The molecule has 2 fully saturated rings. The van der Waals surface area contributed by atoms with Gasteiger partial charge in [-0.1, -0.05) is 12.1 Å². The van der Waals surface area contributed by atoms with Crippen LogP contribution >= 0.6 is 0 Å². The smallest absolute Gasteiger partial charge is 0.408 e. The number of hydrogen-bond donors (Lipinski definition) is 2. The molecule has 184 valence electrons. The van der Waals surface area contributed by atoms with Crippen LogP contribution in [0.4, 0.5) is 4.79 Å². The molecule has 0 bridgehead atoms. The van der Waals surface area contributed by atoms with Crippen molar-refractivity contribution in [2.24, 2.45) is 0 Å². The lowest BCUT2D eigenvalue weighted by Crippen LogP contribution is -2.52. The molecule has 0 aromatic heterocycles. The molecule has 9 nitrogen and oxygen atoms in total. The second kappa shape index (κ2) is 11.2. The molecule has 3 atom stereocenters. The molecule has 0 aliphatic carbocycles. The van der Waals surface area contributed by atoms with Crippen molar-refractivity contribution < 1.29 is 34.0 Å². The number of ether oxygens (including phenoxy) is 3. The summed E-state index contributed by atoms with van der Waals surface area (Å²) in [7, 11) is 0. The zero-order valence-corrected chi connectivity index (χ0v) is 19.7. The number of hydrogen-bond acceptors (Lipinski definition) is 6. The number of likely N-dealkylation sites (tertiary alicyclic amines) is 1. The molecule has 2 saturated heterocycles. The summed E-state index contributed by atoms with van der Waals surface area (Å²) in [6, 6.07) is 5.88. The van der Waals surface area contributed by atoms with Crippen molar-refractivity contribution in [3.8, 4) is 5.75 Å². The first-order chi connectivity index (χ1) is 15.7. The Morgan fingerprint density at radius 1 is 1.18 bits per heavy atom. The van der Waals surface area contributed by atoms with Crippen LogP contribution in [0.3, 0.4) is 0 Å². The zero-order valence-electron chi connectivity index (χ0n) is 19.7. The number of amides is 2. The highest BCUT2D eigenvalue weighted by Crippen LogP contribution is 2.32. The van der Waals surface area contributed by atoms with E-state index in [0.717, 1.165) is 25.9 Å². The highest BCUT2D eigenvalue weighted by molar-refractivity contribution is 5.87. The maximum atomic E-state index is 13.4. The van der Waals surface area contributed by atoms with E-state index in [0.29, 0.717) is 37.5 Å². The molecule has 0 spiro atoms. The van der Waals surface area contributed by atoms with E-state index in [2.05, 4.69) is 0 Å². The summed E-state index contributed by atoms with van der Waals surface area (Å²) in [5.74, 6) is 0.269. The van der Waals surface area contributed by atoms with Gasteiger partial charge < -0.3 is 29.3 Å². The fourth-order valence-electron chi connectivity index (χ4n) is 4.23. The molecule has 2 unspecified atom stereocenters. The van der Waals surface area contributed by atoms with Gasteiger partial charge in [-0.25, -0.2) is 4.79 Å². The van der Waals surface area contributed by atoms with E-state index in [9.17, 15) is 19.8 Å². The summed E-state index contributed by atoms with van der Waals surface area (Å²) < 4.78 is 16.9. The molecule has 2 aliphatic rings. The Labute approximate surface area is 195 Å². The number of carbonyl (C=O) groups excluding carboxylic acids is 1. The number of carboxylic acid groups (broad SMARTS) is 1. The molecule has 2 heterocycles. The third-order valence-electron chi connectivity index (χ3n) is 5.89. The molecule has 1 aromatic carbocycles. The lowest BCUT2D eigenvalue weighted by atomic mass is 9.97. The van der Waals surface area contributed by atoms with Gasteiger partial charge in [0.2, 0.25) is 5.91 Å². The fourth-order valence-corrected chi connectivity index (χ4v) is 4.23. The van der Waals surface area contributed by atoms with Crippen molar-refractivity contribution in [1.29, 1.82) is 0 Å². The Morgan fingerprint density at radius 2 is 1.91 bits per heavy atom. The van der Waals surface area contributed by atoms with Gasteiger partial charge in [-0.15, -0.1) is 0 Å². The molecule has 2 amide bonds. The number of aliphatic hydroxyl groups excluding tert-OH is 1. The summed E-state index contributed by atoms with van der Waals surface area (Å²) >= 11 is 0. The fraction of sp³-hybridized carbons (Fsp3) is 0.667. The van der Waals surface area contributed by atoms with E-state index >= 15 is 0 Å². The second-order valence-corrected chi connectivity index (χ2v) is 9.54. The van der Waals surface area contributed by atoms with Crippen molar-refractivity contribution in [2.45, 2.75) is 70.4 Å². The van der Waals surface area contributed by atoms with Crippen LogP contribution in [-0.4, -0.2) is 82.9 Å². The molecule has 33 heavy (non-hydrogen) atoms. The molecule has 1 aromatic rings. The minimum Gasteiger partial charge on any atom is -0.491 e. The summed E-state index contributed by atoms with van der Waals surface area (Å²) in [6.07, 6.45) is 1.63. The summed E-state index contributed by atoms with van der Waals surface area (Å²) in [5, 5.41) is 19.8. The maximum Gasteiger partial charge on any atom is 0.408 e. The Bertz CT molecular complexity index is 787. The Balaban J connectivity index is 1.69. The van der Waals surface area contributed by atoms with Crippen LogP contribution in [0.1, 0.15) is 58.1 Å². The van der Waals surface area contributed by atoms with Gasteiger partial charge in [0, 0.05) is 25.2 Å². The topological polar surface area (TPSA) is 109 Å². The van der Waals surface area contributed by atoms with Crippen molar-refractivity contribution in [3.05, 3.63) is 29.8 Å². The molecule has 3 rings (SSSR count). The van der Waals surface area contributed by atoms with Gasteiger partial charge in [-0.2, -0.15) is 0 Å². The van der Waals surface area contributed by atoms with Gasteiger partial charge in [0.15, 0.2) is 6.29 Å². The van der Waals surface area contributed by atoms with Crippen molar-refractivity contribution in [2.75, 3.05) is 32.9 Å². The second-order valence-electron chi connectivity index (χ2n) is 9.54. The Morgan fingerprint density at radius 3 is 2.45 bits per heavy atom. The molecule has 0 radical (unpaired) electrons. The number of carbonyl (C=O) groups is 2. The molecule has 2 aliphatic heterocycles. The highest BCUT2D eigenvalue weighted by Gasteiger charge is 2.41. The first-order valence-electron chi connectivity index (χ1n) is 11.6. The predicted octanol–water partition coefficient (Wildman–Crippen LogP) is 3.02. The van der Waals surface area contributed by atoms with Crippen molar-refractivity contribution in [3.63, 3.8) is 0 Å². The quantitative estimate of drug-likeness (QED) is 0.569. The highest BCUT2D eigenvalue weighted by atomic mass is 16.7. The molecular weight excluding hydrogens is 428 g/mol. The van der Waals surface area contributed by atoms with Crippen molar-refractivity contribution in [1.82, 2.24) is 9.80 Å². The van der Waals surface area contributed by atoms with Crippen molar-refractivity contribution >= 4 is 12.0 Å². The lowest BCUT2D eigenvalue weighted by molar-refractivity contribution is -0.165. The van der Waals surface area contributed by atoms with E-state index in [4.69, 9.17) is 14.2 Å². The minimum atomic E-state index is -1.18. The molecule has 9 heteroatoms. The standard InChI is InChI=1S/C24H36N2O7/c1-24(2,3)26(23(29)30)21(22(28)25-12-11-18(27)16-25)17-7-9-19(10-8-17)31-14-15-33-20-6-4-5-13-32-20/h7-10,18,20-21,27H,4-6,11-16H2,1-3H3,(H,29,30)/t18?,20?,21-/m0/s1. The van der Waals surface area contributed by atoms with Crippen LogP contribution < -0.4 is 4.74 Å². The SMILES string of the molecule is CC(C)(C)N(C(=O)O)[C@H](C(=O)N1CCC(O)C1)c1ccc(OCCOC2CCCCO2)cc1. The number of nitrogens with zero attached hydrogens (tertiary/aromatic N) is 2. The van der Waals surface area contributed by atoms with Crippen LogP contribution in [0, 0.1) is 0 Å². The van der Waals surface area contributed by atoms with E-state index in [1.54, 1.807) is 45.0 Å². The van der Waals surface area contributed by atoms with E-state index < -0.39 is 23.8 Å². The third-order valence-corrected chi connectivity index (χ3v) is 5.89. The molecule has 2 N–H and O–H groups in total. The number of β-amino-alcohol motifs (C(OH)–C–C–N with tert-alkyl or cyclic N) is 1. The minimum absolute atomic E-state index is 0.167. The molecule has 0 saturated carbocycles. The normalized spacial score (nSPS) is 22.1. The average Bonchev–Trinajstić information content (AvgIpc) is 3.21. The predicted molar refractivity (Wildman–Crippen MR) is 121 cm³/mol. The molecular formula is C24H36N2O7. The monoisotopic (exact) mass is 464 g/mol. The van der Waals surface area contributed by atoms with E-state index in [-0.39, 0.29) is 18.7 Å². The Hall–Kier alpha value is -2.36. The maximum absolute atomic E-state index is 13.4. The van der Waals surface area contributed by atoms with Crippen LogP contribution in [0.25, 0.3) is 0 Å². The largest absolute Gasteiger partial charge is 0.491 e. The van der Waals surface area contributed by atoms with Crippen LogP contribution in [0.2, 0.25) is 0 Å². The Kier molecular flexibility index (Phi) is 8.56. The number of rotatable bonds is 8. The van der Waals surface area contributed by atoms with Gasteiger partial charge in [0.25, 0.3) is 0 Å². The van der Waals surface area contributed by atoms with Gasteiger partial charge in [0.05, 0.1) is 12.7 Å². The van der Waals surface area contributed by atoms with Gasteiger partial charge in [-0.3, -0.25) is 9.69 Å². The average molecular weight is 465 g/mol. The first kappa shape index (κ1) is 25.3. The lowest BCUT2D eigenvalue weighted by Gasteiger charge is -2.40. The van der Waals surface area contributed by atoms with E-state index in [1.807, 2.05) is 0 Å². The zero-order chi connectivity index (χ0) is 24.0. The number of aliphatic hydroxyl groups is 1.